The van der Waals surface area contributed by atoms with Crippen LogP contribution in [0.3, 0.4) is 0 Å². The fourth-order valence-electron chi connectivity index (χ4n) is 4.28. The first-order chi connectivity index (χ1) is 13.6. The number of fused-ring (bicyclic) bond motifs is 3. The van der Waals surface area contributed by atoms with Crippen LogP contribution in [-0.4, -0.2) is 48.0 Å². The van der Waals surface area contributed by atoms with E-state index >= 15 is 0 Å². The molecule has 0 saturated carbocycles. The Morgan fingerprint density at radius 3 is 2.89 bits per heavy atom. The van der Waals surface area contributed by atoms with Gasteiger partial charge in [0.05, 0.1) is 16.9 Å². The molecule has 0 bridgehead atoms. The lowest BCUT2D eigenvalue weighted by atomic mass is 9.83. The van der Waals surface area contributed by atoms with Crippen molar-refractivity contribution in [2.75, 3.05) is 36.0 Å². The molecular weight excluding hydrogens is 358 g/mol. The number of aromatic nitrogens is 1. The maximum Gasteiger partial charge on any atom is 0.269 e. The third-order valence-corrected chi connectivity index (χ3v) is 5.57. The van der Waals surface area contributed by atoms with E-state index in [0.717, 1.165) is 30.2 Å². The van der Waals surface area contributed by atoms with Crippen LogP contribution in [0.1, 0.15) is 12.5 Å². The lowest BCUT2D eigenvalue weighted by Crippen LogP contribution is -2.61. The van der Waals surface area contributed by atoms with E-state index in [-0.39, 0.29) is 28.5 Å². The first kappa shape index (κ1) is 18.2. The van der Waals surface area contributed by atoms with E-state index in [0.29, 0.717) is 19.5 Å². The van der Waals surface area contributed by atoms with Gasteiger partial charge < -0.3 is 15.1 Å². The number of piperazine rings is 1. The van der Waals surface area contributed by atoms with Crippen molar-refractivity contribution in [1.29, 1.82) is 0 Å². The molecule has 1 fully saturated rings. The lowest BCUT2D eigenvalue weighted by Gasteiger charge is -2.49. The Balaban J connectivity index is 1.68. The van der Waals surface area contributed by atoms with Crippen LogP contribution in [0.15, 0.2) is 42.6 Å². The number of benzene rings is 1. The summed E-state index contributed by atoms with van der Waals surface area (Å²) in [5.41, 5.74) is 1.93. The third kappa shape index (κ3) is 3.26. The summed E-state index contributed by atoms with van der Waals surface area (Å²) in [6, 6.07) is 10.8. The number of hydrogen-bond acceptors (Lipinski definition) is 6. The van der Waals surface area contributed by atoms with Crippen molar-refractivity contribution in [1.82, 2.24) is 10.3 Å². The molecule has 2 aromatic rings. The Morgan fingerprint density at radius 1 is 1.32 bits per heavy atom. The Kier molecular flexibility index (Phi) is 4.85. The van der Waals surface area contributed by atoms with Gasteiger partial charge in [-0.1, -0.05) is 6.07 Å². The molecule has 2 unspecified atom stereocenters. The number of nitrogens with zero attached hydrogens (tertiary/aromatic N) is 4. The second-order valence-electron chi connectivity index (χ2n) is 7.17. The van der Waals surface area contributed by atoms with Gasteiger partial charge in [0, 0.05) is 50.2 Å². The topological polar surface area (TPSA) is 91.6 Å². The van der Waals surface area contributed by atoms with Crippen LogP contribution in [0.2, 0.25) is 0 Å². The van der Waals surface area contributed by atoms with Gasteiger partial charge in [-0.2, -0.15) is 0 Å². The zero-order chi connectivity index (χ0) is 19.7. The zero-order valence-corrected chi connectivity index (χ0v) is 15.7. The van der Waals surface area contributed by atoms with Crippen molar-refractivity contribution in [2.24, 2.45) is 5.92 Å². The fourth-order valence-corrected chi connectivity index (χ4v) is 4.28. The average Bonchev–Trinajstić information content (AvgIpc) is 2.73. The molecule has 1 aromatic carbocycles. The predicted molar refractivity (Wildman–Crippen MR) is 107 cm³/mol. The van der Waals surface area contributed by atoms with E-state index < -0.39 is 0 Å². The number of carbonyl (C=O) groups is 1. The number of nitro benzene ring substituents is 1. The van der Waals surface area contributed by atoms with Gasteiger partial charge in [-0.25, -0.2) is 4.98 Å². The van der Waals surface area contributed by atoms with E-state index in [4.69, 9.17) is 0 Å². The molecule has 146 valence electrons. The Hall–Kier alpha value is -3.16. The van der Waals surface area contributed by atoms with Crippen LogP contribution >= 0.6 is 0 Å². The summed E-state index contributed by atoms with van der Waals surface area (Å²) in [6.45, 7) is 4.68. The van der Waals surface area contributed by atoms with Crippen LogP contribution in [0, 0.1) is 16.0 Å². The van der Waals surface area contributed by atoms with E-state index in [2.05, 4.69) is 20.1 Å². The monoisotopic (exact) mass is 381 g/mol. The quantitative estimate of drug-likeness (QED) is 0.643. The minimum Gasteiger partial charge on any atom is -0.364 e. The summed E-state index contributed by atoms with van der Waals surface area (Å²) in [5, 5.41) is 14.1. The number of non-ortho nitro benzene ring substituents is 1. The van der Waals surface area contributed by atoms with Gasteiger partial charge in [-0.15, -0.1) is 0 Å². The number of amides is 1. The molecule has 1 saturated heterocycles. The van der Waals surface area contributed by atoms with E-state index in [1.54, 1.807) is 18.3 Å². The van der Waals surface area contributed by atoms with Gasteiger partial charge in [0.2, 0.25) is 5.91 Å². The van der Waals surface area contributed by atoms with Crippen molar-refractivity contribution < 1.29 is 9.72 Å². The maximum absolute atomic E-state index is 12.8. The average molecular weight is 381 g/mol. The van der Waals surface area contributed by atoms with Crippen LogP contribution in [-0.2, 0) is 11.2 Å². The van der Waals surface area contributed by atoms with Gasteiger partial charge >= 0.3 is 0 Å². The molecule has 1 amide bonds. The number of nitrogens with one attached hydrogen (secondary N) is 1. The van der Waals surface area contributed by atoms with Crippen molar-refractivity contribution in [3.05, 3.63) is 58.3 Å². The summed E-state index contributed by atoms with van der Waals surface area (Å²) >= 11 is 0. The SMILES string of the molecule is CCNC(=O)C1Cc2cc([N+](=O)[O-])ccc2N2CCN(c3ccccn3)CC12. The number of anilines is 2. The first-order valence-corrected chi connectivity index (χ1v) is 9.56. The molecule has 28 heavy (non-hydrogen) atoms. The molecular formula is C20H23N5O3. The molecule has 8 heteroatoms. The predicted octanol–water partition coefficient (Wildman–Crippen LogP) is 1.99. The summed E-state index contributed by atoms with van der Waals surface area (Å²) in [6.07, 6.45) is 2.28. The molecule has 8 nitrogen and oxygen atoms in total. The Morgan fingerprint density at radius 2 is 2.18 bits per heavy atom. The molecule has 1 aromatic heterocycles. The van der Waals surface area contributed by atoms with Crippen molar-refractivity contribution >= 4 is 23.1 Å². The van der Waals surface area contributed by atoms with Crippen molar-refractivity contribution in [3.8, 4) is 0 Å². The van der Waals surface area contributed by atoms with E-state index in [9.17, 15) is 14.9 Å². The van der Waals surface area contributed by atoms with Crippen LogP contribution in [0.5, 0.6) is 0 Å². The highest BCUT2D eigenvalue weighted by Gasteiger charge is 2.42. The summed E-state index contributed by atoms with van der Waals surface area (Å²) < 4.78 is 0. The second kappa shape index (κ2) is 7.46. The molecule has 3 heterocycles. The first-order valence-electron chi connectivity index (χ1n) is 9.56. The smallest absolute Gasteiger partial charge is 0.269 e. The summed E-state index contributed by atoms with van der Waals surface area (Å²) in [4.78, 5) is 32.5. The van der Waals surface area contributed by atoms with Crippen LogP contribution in [0.4, 0.5) is 17.2 Å². The Bertz CT molecular complexity index is 889. The third-order valence-electron chi connectivity index (χ3n) is 5.57. The van der Waals surface area contributed by atoms with Crippen LogP contribution < -0.4 is 15.1 Å². The minimum atomic E-state index is -0.382. The summed E-state index contributed by atoms with van der Waals surface area (Å²) in [7, 11) is 0. The number of nitro groups is 1. The van der Waals surface area contributed by atoms with Gasteiger partial charge in [-0.3, -0.25) is 14.9 Å². The van der Waals surface area contributed by atoms with Crippen molar-refractivity contribution in [3.63, 3.8) is 0 Å². The highest BCUT2D eigenvalue weighted by atomic mass is 16.6. The second-order valence-corrected chi connectivity index (χ2v) is 7.17. The maximum atomic E-state index is 12.8. The molecule has 2 atom stereocenters. The highest BCUT2D eigenvalue weighted by Crippen LogP contribution is 2.38. The molecule has 0 aliphatic carbocycles. The fraction of sp³-hybridized carbons (Fsp3) is 0.400. The standard InChI is InChI=1S/C20H23N5O3/c1-2-21-20(26)16-12-14-11-15(25(27)28)6-7-17(14)24-10-9-23(13-18(16)24)19-5-3-4-8-22-19/h3-8,11,16,18H,2,9-10,12-13H2,1H3,(H,21,26). The van der Waals surface area contributed by atoms with E-state index in [1.807, 2.05) is 31.2 Å². The highest BCUT2D eigenvalue weighted by molar-refractivity contribution is 5.82. The van der Waals surface area contributed by atoms with Gasteiger partial charge in [0.25, 0.3) is 5.69 Å². The molecule has 0 radical (unpaired) electrons. The Labute approximate surface area is 163 Å². The number of hydrogen-bond donors (Lipinski definition) is 1. The number of pyridine rings is 1. The molecule has 4 rings (SSSR count). The molecule has 0 spiro atoms. The molecule has 2 aliphatic rings. The van der Waals surface area contributed by atoms with Gasteiger partial charge in [0.1, 0.15) is 5.82 Å². The van der Waals surface area contributed by atoms with E-state index in [1.165, 1.54) is 0 Å². The zero-order valence-electron chi connectivity index (χ0n) is 15.7. The molecule has 1 N–H and O–H groups in total. The molecule has 2 aliphatic heterocycles. The lowest BCUT2D eigenvalue weighted by molar-refractivity contribution is -0.384. The normalized spacial score (nSPS) is 20.9. The number of carbonyl (C=O) groups excluding carboxylic acids is 1. The number of rotatable bonds is 4. The summed E-state index contributed by atoms with van der Waals surface area (Å²) in [5.74, 6) is 0.643. The van der Waals surface area contributed by atoms with Crippen LogP contribution in [0.25, 0.3) is 0 Å². The van der Waals surface area contributed by atoms with Gasteiger partial charge in [-0.05, 0) is 37.1 Å². The minimum absolute atomic E-state index is 0.00229. The van der Waals surface area contributed by atoms with Crippen molar-refractivity contribution in [2.45, 2.75) is 19.4 Å². The van der Waals surface area contributed by atoms with Gasteiger partial charge in [0.15, 0.2) is 0 Å². The largest absolute Gasteiger partial charge is 0.364 e.